The van der Waals surface area contributed by atoms with Gasteiger partial charge in [0.15, 0.2) is 0 Å². The molecule has 2 heteroatoms. The molecule has 0 radical (unpaired) electrons. The summed E-state index contributed by atoms with van der Waals surface area (Å²) >= 11 is 0. The summed E-state index contributed by atoms with van der Waals surface area (Å²) in [6, 6.07) is 10.9. The van der Waals surface area contributed by atoms with E-state index in [9.17, 15) is 0 Å². The van der Waals surface area contributed by atoms with Gasteiger partial charge in [-0.2, -0.15) is 0 Å². The van der Waals surface area contributed by atoms with Crippen LogP contribution < -0.4 is 0 Å². The van der Waals surface area contributed by atoms with Crippen LogP contribution >= 0.6 is 0 Å². The Labute approximate surface area is 124 Å². The van der Waals surface area contributed by atoms with Gasteiger partial charge in [0.1, 0.15) is 6.23 Å². The molecule has 20 heavy (non-hydrogen) atoms. The zero-order valence-corrected chi connectivity index (χ0v) is 13.2. The minimum absolute atomic E-state index is 0.222. The third kappa shape index (κ3) is 3.83. The highest BCUT2D eigenvalue weighted by Crippen LogP contribution is 2.35. The van der Waals surface area contributed by atoms with Crippen molar-refractivity contribution in [2.75, 3.05) is 13.1 Å². The van der Waals surface area contributed by atoms with Crippen LogP contribution in [0.15, 0.2) is 30.3 Å². The van der Waals surface area contributed by atoms with Crippen molar-refractivity contribution < 1.29 is 4.74 Å². The molecule has 0 aromatic heterocycles. The molecule has 0 amide bonds. The van der Waals surface area contributed by atoms with Crippen LogP contribution in [0.3, 0.4) is 0 Å². The van der Waals surface area contributed by atoms with Crippen molar-refractivity contribution in [3.05, 3.63) is 35.9 Å². The first-order valence-electron chi connectivity index (χ1n) is 8.20. The van der Waals surface area contributed by atoms with E-state index in [1.165, 1.54) is 31.2 Å². The molecule has 1 aromatic rings. The predicted octanol–water partition coefficient (Wildman–Crippen LogP) is 4.42. The van der Waals surface area contributed by atoms with E-state index in [4.69, 9.17) is 4.74 Å². The van der Waals surface area contributed by atoms with Crippen LogP contribution in [0.4, 0.5) is 0 Å². The van der Waals surface area contributed by atoms with Crippen molar-refractivity contribution in [3.63, 3.8) is 0 Å². The first-order chi connectivity index (χ1) is 9.76. The molecule has 3 atom stereocenters. The normalized spacial score (nSPS) is 24.8. The van der Waals surface area contributed by atoms with E-state index in [0.717, 1.165) is 13.1 Å². The van der Waals surface area contributed by atoms with Gasteiger partial charge in [-0.3, -0.25) is 4.90 Å². The first kappa shape index (κ1) is 15.5. The molecule has 112 valence electrons. The van der Waals surface area contributed by atoms with Crippen LogP contribution in [0.5, 0.6) is 0 Å². The van der Waals surface area contributed by atoms with Gasteiger partial charge in [0.05, 0.1) is 6.10 Å². The van der Waals surface area contributed by atoms with Crippen LogP contribution in [-0.4, -0.2) is 30.3 Å². The minimum Gasteiger partial charge on any atom is -0.360 e. The lowest BCUT2D eigenvalue weighted by molar-refractivity contribution is -0.104. The van der Waals surface area contributed by atoms with E-state index in [-0.39, 0.29) is 6.23 Å². The molecule has 1 fully saturated rings. The summed E-state index contributed by atoms with van der Waals surface area (Å²) in [5.41, 5.74) is 1.45. The molecule has 1 aliphatic rings. The smallest absolute Gasteiger partial charge is 0.108 e. The number of nitrogens with zero attached hydrogens (tertiary/aromatic N) is 1. The van der Waals surface area contributed by atoms with Gasteiger partial charge < -0.3 is 4.74 Å². The van der Waals surface area contributed by atoms with Crippen LogP contribution in [-0.2, 0) is 4.74 Å². The minimum atomic E-state index is 0.222. The van der Waals surface area contributed by atoms with E-state index in [2.05, 4.69) is 56.0 Å². The fraction of sp³-hybridized carbons (Fsp3) is 0.667. The highest BCUT2D eigenvalue weighted by atomic mass is 16.5. The van der Waals surface area contributed by atoms with Crippen molar-refractivity contribution in [3.8, 4) is 0 Å². The third-order valence-electron chi connectivity index (χ3n) is 4.63. The van der Waals surface area contributed by atoms with E-state index >= 15 is 0 Å². The molecule has 2 rings (SSSR count). The summed E-state index contributed by atoms with van der Waals surface area (Å²) in [5, 5.41) is 0. The van der Waals surface area contributed by atoms with Crippen LogP contribution in [0, 0.1) is 0 Å². The number of benzene rings is 1. The van der Waals surface area contributed by atoms with Crippen molar-refractivity contribution in [2.45, 2.75) is 64.7 Å². The van der Waals surface area contributed by atoms with Crippen LogP contribution in [0.1, 0.15) is 57.9 Å². The maximum absolute atomic E-state index is 6.43. The van der Waals surface area contributed by atoms with Crippen LogP contribution in [0.25, 0.3) is 0 Å². The molecular weight excluding hydrogens is 246 g/mol. The Bertz CT molecular complexity index is 374. The van der Waals surface area contributed by atoms with Gasteiger partial charge in [0.2, 0.25) is 0 Å². The highest BCUT2D eigenvalue weighted by Gasteiger charge is 2.29. The molecule has 1 saturated carbocycles. The van der Waals surface area contributed by atoms with E-state index in [1.54, 1.807) is 0 Å². The van der Waals surface area contributed by atoms with Crippen molar-refractivity contribution >= 4 is 0 Å². The van der Waals surface area contributed by atoms with Crippen LogP contribution in [0.2, 0.25) is 0 Å². The molecule has 3 unspecified atom stereocenters. The second kappa shape index (κ2) is 7.80. The van der Waals surface area contributed by atoms with E-state index < -0.39 is 0 Å². The van der Waals surface area contributed by atoms with Gasteiger partial charge >= 0.3 is 0 Å². The van der Waals surface area contributed by atoms with Gasteiger partial charge in [-0.1, -0.05) is 57.0 Å². The summed E-state index contributed by atoms with van der Waals surface area (Å²) in [6.07, 6.45) is 5.70. The summed E-state index contributed by atoms with van der Waals surface area (Å²) in [6.45, 7) is 8.72. The number of hydrogen-bond donors (Lipinski definition) is 0. The van der Waals surface area contributed by atoms with Gasteiger partial charge in [-0.15, -0.1) is 0 Å². The molecule has 2 nitrogen and oxygen atoms in total. The Morgan fingerprint density at radius 2 is 1.75 bits per heavy atom. The largest absolute Gasteiger partial charge is 0.360 e. The predicted molar refractivity (Wildman–Crippen MR) is 84.9 cm³/mol. The number of ether oxygens (including phenoxy) is 1. The lowest BCUT2D eigenvalue weighted by Crippen LogP contribution is -2.39. The monoisotopic (exact) mass is 275 g/mol. The lowest BCUT2D eigenvalue weighted by Gasteiger charge is -2.37. The Kier molecular flexibility index (Phi) is 6.06. The Balaban J connectivity index is 2.04. The molecule has 1 aliphatic carbocycles. The van der Waals surface area contributed by atoms with E-state index in [1.807, 2.05) is 0 Å². The number of hydrogen-bond acceptors (Lipinski definition) is 2. The van der Waals surface area contributed by atoms with E-state index in [0.29, 0.717) is 12.0 Å². The molecule has 0 N–H and O–H groups in total. The SMILES string of the molecule is CCN(CC)C(C)OC1CCCCC1c1ccccc1. The summed E-state index contributed by atoms with van der Waals surface area (Å²) < 4.78 is 6.43. The zero-order chi connectivity index (χ0) is 14.4. The highest BCUT2D eigenvalue weighted by molar-refractivity contribution is 5.21. The summed E-state index contributed by atoms with van der Waals surface area (Å²) in [5.74, 6) is 0.572. The fourth-order valence-electron chi connectivity index (χ4n) is 3.42. The average molecular weight is 275 g/mol. The van der Waals surface area contributed by atoms with Crippen molar-refractivity contribution in [1.29, 1.82) is 0 Å². The van der Waals surface area contributed by atoms with Gasteiger partial charge in [0.25, 0.3) is 0 Å². The van der Waals surface area contributed by atoms with Crippen molar-refractivity contribution in [1.82, 2.24) is 4.90 Å². The topological polar surface area (TPSA) is 12.5 Å². The molecule has 0 bridgehead atoms. The second-order valence-electron chi connectivity index (χ2n) is 5.80. The quantitative estimate of drug-likeness (QED) is 0.713. The fourth-order valence-corrected chi connectivity index (χ4v) is 3.42. The van der Waals surface area contributed by atoms with Gasteiger partial charge in [0, 0.05) is 5.92 Å². The molecule has 0 heterocycles. The Hall–Kier alpha value is -0.860. The standard InChI is InChI=1S/C18H29NO/c1-4-19(5-2)15(3)20-18-14-10-9-13-17(18)16-11-7-6-8-12-16/h6-8,11-12,15,17-18H,4-5,9-10,13-14H2,1-3H3. The molecule has 0 aliphatic heterocycles. The molecule has 1 aromatic carbocycles. The summed E-state index contributed by atoms with van der Waals surface area (Å²) in [4.78, 5) is 2.39. The first-order valence-corrected chi connectivity index (χ1v) is 8.20. The third-order valence-corrected chi connectivity index (χ3v) is 4.63. The average Bonchev–Trinajstić information content (AvgIpc) is 2.50. The molecule has 0 spiro atoms. The lowest BCUT2D eigenvalue weighted by atomic mass is 9.81. The maximum Gasteiger partial charge on any atom is 0.108 e. The zero-order valence-electron chi connectivity index (χ0n) is 13.2. The number of rotatable bonds is 6. The van der Waals surface area contributed by atoms with Crippen molar-refractivity contribution in [2.24, 2.45) is 0 Å². The maximum atomic E-state index is 6.43. The van der Waals surface area contributed by atoms with Gasteiger partial charge in [-0.05, 0) is 38.4 Å². The summed E-state index contributed by atoms with van der Waals surface area (Å²) in [7, 11) is 0. The second-order valence-corrected chi connectivity index (χ2v) is 5.80. The molecular formula is C18H29NO. The molecule has 0 saturated heterocycles. The van der Waals surface area contributed by atoms with Gasteiger partial charge in [-0.25, -0.2) is 0 Å². The Morgan fingerprint density at radius 1 is 1.10 bits per heavy atom. The Morgan fingerprint density at radius 3 is 2.40 bits per heavy atom.